The first-order valence-corrected chi connectivity index (χ1v) is 3.38. The van der Waals surface area contributed by atoms with Crippen molar-refractivity contribution in [2.45, 2.75) is 5.82 Å². The Labute approximate surface area is 75.2 Å². The van der Waals surface area contributed by atoms with Crippen LogP contribution in [0.2, 0.25) is 5.82 Å². The molecule has 0 aromatic carbocycles. The lowest BCUT2D eigenvalue weighted by Crippen LogP contribution is -2.29. The van der Waals surface area contributed by atoms with Crippen molar-refractivity contribution in [2.24, 2.45) is 0 Å². The van der Waals surface area contributed by atoms with Crippen LogP contribution in [0.5, 0.6) is 0 Å². The van der Waals surface area contributed by atoms with Gasteiger partial charge in [-0.2, -0.15) is 15.8 Å². The Bertz CT molecular complexity index is 424. The van der Waals surface area contributed by atoms with Crippen molar-refractivity contribution >= 4 is 6.85 Å². The van der Waals surface area contributed by atoms with Gasteiger partial charge in [-0.15, -0.1) is 0 Å². The monoisotopic (exact) mass is 167 g/mol. The van der Waals surface area contributed by atoms with Gasteiger partial charge in [0.15, 0.2) is 0 Å². The molecule has 0 aromatic rings. The van der Waals surface area contributed by atoms with Gasteiger partial charge in [0.2, 0.25) is 0 Å². The average molecular weight is 167 g/mol. The zero-order valence-corrected chi connectivity index (χ0v) is 6.44. The number of rotatable bonds is 0. The SMILES string of the molecule is N#CB1NC(C#N)=C(C#N)C1C#N. The second-order valence-electron chi connectivity index (χ2n) is 2.37. The molecule has 58 valence electrons. The lowest BCUT2D eigenvalue weighted by molar-refractivity contribution is 1.24. The molecule has 0 radical (unpaired) electrons. The van der Waals surface area contributed by atoms with Gasteiger partial charge in [-0.3, -0.25) is 0 Å². The summed E-state index contributed by atoms with van der Waals surface area (Å²) >= 11 is 0. The Kier molecular flexibility index (Phi) is 2.20. The van der Waals surface area contributed by atoms with Gasteiger partial charge >= 0.3 is 6.85 Å². The molecule has 0 aromatic heterocycles. The van der Waals surface area contributed by atoms with Crippen LogP contribution in [0.3, 0.4) is 0 Å². The zero-order chi connectivity index (χ0) is 9.84. The topological polar surface area (TPSA) is 107 Å². The van der Waals surface area contributed by atoms with E-state index in [9.17, 15) is 0 Å². The van der Waals surface area contributed by atoms with Crippen molar-refractivity contribution < 1.29 is 0 Å². The Hall–Kier alpha value is -2.44. The second kappa shape index (κ2) is 3.31. The first-order valence-electron chi connectivity index (χ1n) is 3.38. The normalized spacial score (nSPS) is 19.4. The van der Waals surface area contributed by atoms with Crippen LogP contribution in [0, 0.1) is 45.2 Å². The van der Waals surface area contributed by atoms with Crippen molar-refractivity contribution in [3.05, 3.63) is 11.3 Å². The molecule has 5 nitrogen and oxygen atoms in total. The van der Waals surface area contributed by atoms with Gasteiger partial charge in [-0.1, -0.05) is 0 Å². The van der Waals surface area contributed by atoms with E-state index in [2.05, 4.69) is 5.23 Å². The molecule has 0 saturated heterocycles. The minimum absolute atomic E-state index is 0.0283. The molecule has 0 fully saturated rings. The van der Waals surface area contributed by atoms with Crippen LogP contribution in [-0.4, -0.2) is 6.85 Å². The maximum Gasteiger partial charge on any atom is 0.398 e. The van der Waals surface area contributed by atoms with Gasteiger partial charge in [-0.25, -0.2) is 5.26 Å². The largest absolute Gasteiger partial charge is 0.405 e. The molecule has 1 N–H and O–H groups in total. The summed E-state index contributed by atoms with van der Waals surface area (Å²) in [6.45, 7) is -0.783. The highest BCUT2D eigenvalue weighted by atomic mass is 14.8. The molecular formula is C7H2BN5. The molecule has 1 aliphatic rings. The predicted molar refractivity (Wildman–Crippen MR) is 42.1 cm³/mol. The van der Waals surface area contributed by atoms with Crippen LogP contribution in [0.1, 0.15) is 0 Å². The summed E-state index contributed by atoms with van der Waals surface area (Å²) in [5, 5.41) is 36.9. The molecule has 6 heteroatoms. The Morgan fingerprint density at radius 1 is 1.15 bits per heavy atom. The summed E-state index contributed by atoms with van der Waals surface area (Å²) in [5.74, 6) is 0.987. The van der Waals surface area contributed by atoms with Crippen molar-refractivity contribution in [3.8, 4) is 24.2 Å². The van der Waals surface area contributed by atoms with Gasteiger partial charge in [0.25, 0.3) is 0 Å². The molecule has 1 heterocycles. The van der Waals surface area contributed by atoms with Gasteiger partial charge in [0.05, 0.1) is 23.5 Å². The summed E-state index contributed by atoms with van der Waals surface area (Å²) in [4.78, 5) is 0. The third-order valence-corrected chi connectivity index (χ3v) is 1.72. The number of hydrogen-bond donors (Lipinski definition) is 1. The standard InChI is InChI=1S/C7H2BN5/c9-1-5-6(2-10)8(4-12)13-7(5)3-11/h6,13H. The maximum atomic E-state index is 8.65. The highest BCUT2D eigenvalue weighted by Crippen LogP contribution is 2.27. The van der Waals surface area contributed by atoms with E-state index >= 15 is 0 Å². The van der Waals surface area contributed by atoms with E-state index in [4.69, 9.17) is 21.0 Å². The van der Waals surface area contributed by atoms with E-state index in [0.717, 1.165) is 0 Å². The summed E-state index contributed by atoms with van der Waals surface area (Å²) < 4.78 is 0. The van der Waals surface area contributed by atoms with E-state index in [0.29, 0.717) is 0 Å². The van der Waals surface area contributed by atoms with Gasteiger partial charge in [-0.05, 0) is 0 Å². The van der Waals surface area contributed by atoms with Crippen molar-refractivity contribution in [1.82, 2.24) is 5.23 Å². The Morgan fingerprint density at radius 3 is 2.23 bits per heavy atom. The molecule has 1 rings (SSSR count). The minimum atomic E-state index is -0.829. The van der Waals surface area contributed by atoms with Crippen LogP contribution in [-0.2, 0) is 0 Å². The van der Waals surface area contributed by atoms with Gasteiger partial charge in [0.1, 0.15) is 11.8 Å². The molecule has 0 amide bonds. The van der Waals surface area contributed by atoms with Crippen LogP contribution in [0.4, 0.5) is 0 Å². The van der Waals surface area contributed by atoms with E-state index < -0.39 is 12.7 Å². The fourth-order valence-corrected chi connectivity index (χ4v) is 1.10. The molecule has 0 spiro atoms. The van der Waals surface area contributed by atoms with Crippen molar-refractivity contribution in [3.63, 3.8) is 0 Å². The lowest BCUT2D eigenvalue weighted by Gasteiger charge is -1.97. The quantitative estimate of drug-likeness (QED) is 0.504. The minimum Gasteiger partial charge on any atom is -0.405 e. The van der Waals surface area contributed by atoms with Crippen LogP contribution in [0.15, 0.2) is 11.3 Å². The fourth-order valence-electron chi connectivity index (χ4n) is 1.10. The van der Waals surface area contributed by atoms with Crippen molar-refractivity contribution in [2.75, 3.05) is 0 Å². The van der Waals surface area contributed by atoms with E-state index in [1.807, 2.05) is 12.0 Å². The Morgan fingerprint density at radius 2 is 1.85 bits per heavy atom. The summed E-state index contributed by atoms with van der Waals surface area (Å²) in [7, 11) is 0. The lowest BCUT2D eigenvalue weighted by atomic mass is 9.54. The number of nitrogens with zero attached hydrogens (tertiary/aromatic N) is 4. The fraction of sp³-hybridized carbons (Fsp3) is 0.143. The molecule has 1 unspecified atom stereocenters. The Balaban J connectivity index is 3.15. The maximum absolute atomic E-state index is 8.65. The summed E-state index contributed by atoms with van der Waals surface area (Å²) in [6, 6.07) is 5.30. The number of allylic oxidation sites excluding steroid dienone is 2. The zero-order valence-electron chi connectivity index (χ0n) is 6.44. The molecule has 0 bridgehead atoms. The molecular weight excluding hydrogens is 165 g/mol. The number of nitrogens with one attached hydrogen (secondary N) is 1. The average Bonchev–Trinajstić information content (AvgIpc) is 2.54. The predicted octanol–water partition coefficient (Wildman–Crippen LogP) is -0.161. The van der Waals surface area contributed by atoms with Crippen LogP contribution in [0.25, 0.3) is 0 Å². The first kappa shape index (κ1) is 8.66. The van der Waals surface area contributed by atoms with E-state index in [-0.39, 0.29) is 11.3 Å². The molecule has 1 aliphatic heterocycles. The molecule has 13 heavy (non-hydrogen) atoms. The third kappa shape index (κ3) is 1.18. The molecule has 0 saturated carbocycles. The third-order valence-electron chi connectivity index (χ3n) is 1.72. The van der Waals surface area contributed by atoms with Gasteiger partial charge in [0, 0.05) is 5.97 Å². The van der Waals surface area contributed by atoms with E-state index in [1.165, 1.54) is 0 Å². The smallest absolute Gasteiger partial charge is 0.398 e. The van der Waals surface area contributed by atoms with Crippen LogP contribution < -0.4 is 5.23 Å². The number of nitriles is 4. The highest BCUT2D eigenvalue weighted by molar-refractivity contribution is 6.69. The second-order valence-corrected chi connectivity index (χ2v) is 2.37. The van der Waals surface area contributed by atoms with Gasteiger partial charge < -0.3 is 5.23 Å². The van der Waals surface area contributed by atoms with Crippen molar-refractivity contribution in [1.29, 1.82) is 21.0 Å². The first-order chi connectivity index (χ1) is 6.28. The number of hydrogen-bond acceptors (Lipinski definition) is 5. The summed E-state index contributed by atoms with van der Waals surface area (Å²) in [5.41, 5.74) is 0.0807. The highest BCUT2D eigenvalue weighted by Gasteiger charge is 2.39. The van der Waals surface area contributed by atoms with Crippen LogP contribution >= 0.6 is 0 Å². The molecule has 0 aliphatic carbocycles. The van der Waals surface area contributed by atoms with E-state index in [1.54, 1.807) is 12.1 Å². The summed E-state index contributed by atoms with van der Waals surface area (Å²) in [6.07, 6.45) is 0. The molecule has 1 atom stereocenters.